The van der Waals surface area contributed by atoms with Gasteiger partial charge >= 0.3 is 6.16 Å². The Morgan fingerprint density at radius 1 is 1.54 bits per heavy atom. The Morgan fingerprint density at radius 2 is 2.08 bits per heavy atom. The van der Waals surface area contributed by atoms with E-state index in [2.05, 4.69) is 18.6 Å². The van der Waals surface area contributed by atoms with Crippen molar-refractivity contribution in [3.05, 3.63) is 12.5 Å². The van der Waals surface area contributed by atoms with E-state index in [-0.39, 0.29) is 26.5 Å². The molecule has 73 valence electrons. The predicted octanol–water partition coefficient (Wildman–Crippen LogP) is 1.93. The topological polar surface area (TPSA) is 35.5 Å². The number of hydrogen-bond donors (Lipinski definition) is 0. The van der Waals surface area contributed by atoms with E-state index in [4.69, 9.17) is 4.74 Å². The molecule has 3 nitrogen and oxygen atoms in total. The van der Waals surface area contributed by atoms with Crippen LogP contribution in [0.15, 0.2) is 0 Å². The molecule has 1 heterocycles. The Bertz CT molecular complexity index is 163. The summed E-state index contributed by atoms with van der Waals surface area (Å²) in [5, 5.41) is 0. The van der Waals surface area contributed by atoms with Crippen LogP contribution in [0.2, 0.25) is 0 Å². The van der Waals surface area contributed by atoms with Crippen LogP contribution in [0.25, 0.3) is 0 Å². The molecule has 0 aromatic carbocycles. The quantitative estimate of drug-likeness (QED) is 0.355. The smallest absolute Gasteiger partial charge is 0.471 e. The molecule has 1 rings (SSSR count). The number of rotatable bonds is 2. The molecule has 1 saturated heterocycles. The third-order valence-corrected chi connectivity index (χ3v) is 1.87. The average molecular weight is 609 g/mol. The van der Waals surface area contributed by atoms with E-state index in [1.54, 1.807) is 0 Å². The summed E-state index contributed by atoms with van der Waals surface area (Å²) < 4.78 is 9.36. The third-order valence-electron chi connectivity index (χ3n) is 1.87. The molecular weight excluding hydrogens is 597 g/mol. The maximum atomic E-state index is 10.5. The van der Waals surface area contributed by atoms with Crippen molar-refractivity contribution in [2.75, 3.05) is 0 Å². The molecule has 0 spiro atoms. The van der Waals surface area contributed by atoms with Gasteiger partial charge in [0.15, 0.2) is 0 Å². The van der Waals surface area contributed by atoms with E-state index in [9.17, 15) is 4.79 Å². The Labute approximate surface area is 86.5 Å². The maximum Gasteiger partial charge on any atom is 0.471 e. The minimum absolute atomic E-state index is 0. The third kappa shape index (κ3) is 3.44. The van der Waals surface area contributed by atoms with Crippen molar-refractivity contribution in [1.82, 2.24) is 0 Å². The zero-order valence-electron chi connectivity index (χ0n) is 8.04. The minimum atomic E-state index is -0.602. The van der Waals surface area contributed by atoms with Crippen LogP contribution in [0.1, 0.15) is 20.8 Å². The van der Waals surface area contributed by atoms with Crippen LogP contribution in [0.5, 0.6) is 0 Å². The second-order valence-corrected chi connectivity index (χ2v) is 2.94. The van der Waals surface area contributed by atoms with Gasteiger partial charge in [0.2, 0.25) is 0 Å². The van der Waals surface area contributed by atoms with Gasteiger partial charge < -0.3 is 15.4 Å². The fraction of sp³-hybridized carbons (Fsp3) is 0.625. The summed E-state index contributed by atoms with van der Waals surface area (Å²) in [5.41, 5.74) is 0. The number of carbonyl (C=O) groups is 1. The summed E-state index contributed by atoms with van der Waals surface area (Å²) in [6.07, 6.45) is -0.850. The second-order valence-electron chi connectivity index (χ2n) is 2.94. The molecular formula is C8H12O3ReRf-2. The molecule has 0 amide bonds. The van der Waals surface area contributed by atoms with E-state index in [1.165, 1.54) is 6.61 Å². The number of carbonyl (C=O) groups excluding carboxylic acids is 1. The van der Waals surface area contributed by atoms with Gasteiger partial charge in [0.05, 0.1) is 0 Å². The van der Waals surface area contributed by atoms with Gasteiger partial charge in [-0.05, 0) is 0 Å². The number of hydrogen-bond acceptors (Lipinski definition) is 3. The monoisotopic (exact) mass is 610 g/mol. The minimum Gasteiger partial charge on any atom is -0.605 e. The molecule has 0 aliphatic carbocycles. The van der Waals surface area contributed by atoms with Gasteiger partial charge in [-0.2, -0.15) is 12.8 Å². The van der Waals surface area contributed by atoms with Crippen LogP contribution in [0.4, 0.5) is 4.79 Å². The Balaban J connectivity index is 0. The van der Waals surface area contributed by atoms with E-state index >= 15 is 0 Å². The van der Waals surface area contributed by atoms with E-state index in [1.807, 2.05) is 6.92 Å². The molecule has 13 heavy (non-hydrogen) atoms. The Hall–Kier alpha value is -1.07. The molecule has 0 bridgehead atoms. The molecule has 0 saturated carbocycles. The maximum absolute atomic E-state index is 10.5. The van der Waals surface area contributed by atoms with Crippen LogP contribution < -0.4 is 0 Å². The van der Waals surface area contributed by atoms with Gasteiger partial charge in [-0.3, -0.25) is 0 Å². The largest absolute Gasteiger partial charge is 0.605 e. The molecule has 1 radical (unpaired) electrons. The summed E-state index contributed by atoms with van der Waals surface area (Å²) in [6, 6.07) is 0. The molecule has 0 aromatic rings. The van der Waals surface area contributed by atoms with E-state index in [0.29, 0.717) is 5.92 Å². The van der Waals surface area contributed by atoms with Crippen LogP contribution >= 0.6 is 0 Å². The standard InChI is InChI=1S/C8H12O3.Re.Rf/c1-5(2)6(3)7-4-10-8(9)11-7;;/h4-5,7H,1-3H3;;/q-2;;. The van der Waals surface area contributed by atoms with Gasteiger partial charge in [0, 0.05) is 20.4 Å². The summed E-state index contributed by atoms with van der Waals surface area (Å²) in [6.45, 7) is 7.48. The first-order chi connectivity index (χ1) is 5.11. The van der Waals surface area contributed by atoms with Crippen LogP contribution in [0.3, 0.4) is 0 Å². The van der Waals surface area contributed by atoms with Crippen molar-refractivity contribution < 1.29 is 34.7 Å². The second kappa shape index (κ2) is 5.56. The van der Waals surface area contributed by atoms with Crippen molar-refractivity contribution in [3.63, 3.8) is 0 Å². The Kier molecular flexibility index (Phi) is 6.18. The molecule has 1 unspecified atom stereocenters. The molecule has 1 fully saturated rings. The van der Waals surface area contributed by atoms with Crippen LogP contribution in [-0.2, 0) is 29.9 Å². The first kappa shape index (κ1) is 14.5. The SMILES string of the molecule is C[C-](C(C)C)C1[CH-]OC(=O)O1.[Re].[Rf]. The van der Waals surface area contributed by atoms with Crippen LogP contribution in [0, 0.1) is 18.4 Å². The Morgan fingerprint density at radius 3 is 2.38 bits per heavy atom. The zero-order valence-corrected chi connectivity index (χ0v) is 17.2. The normalized spacial score (nSPS) is 20.4. The molecule has 1 aliphatic heterocycles. The van der Waals surface area contributed by atoms with Gasteiger partial charge in [-0.25, -0.2) is 4.79 Å². The molecule has 5 heteroatoms. The average Bonchev–Trinajstić information content (AvgIpc) is 2.34. The van der Waals surface area contributed by atoms with E-state index in [0.717, 1.165) is 5.92 Å². The molecule has 0 aromatic heterocycles. The fourth-order valence-corrected chi connectivity index (χ4v) is 0.805. The van der Waals surface area contributed by atoms with Crippen molar-refractivity contribution in [1.29, 1.82) is 0 Å². The molecule has 1 atom stereocenters. The van der Waals surface area contributed by atoms with Gasteiger partial charge in [-0.1, -0.05) is 13.8 Å². The van der Waals surface area contributed by atoms with Crippen molar-refractivity contribution >= 4 is 6.16 Å². The predicted molar refractivity (Wildman–Crippen MR) is 39.4 cm³/mol. The molecule has 0 N–H and O–H groups in total. The van der Waals surface area contributed by atoms with Gasteiger partial charge in [0.25, 0.3) is 0 Å². The van der Waals surface area contributed by atoms with Crippen molar-refractivity contribution in [2.45, 2.75) is 26.9 Å². The summed E-state index contributed by atoms with van der Waals surface area (Å²) in [5.74, 6) is 1.52. The van der Waals surface area contributed by atoms with E-state index < -0.39 is 6.16 Å². The fourth-order valence-electron chi connectivity index (χ4n) is 0.805. The van der Waals surface area contributed by atoms with Crippen molar-refractivity contribution in [2.24, 2.45) is 5.92 Å². The summed E-state index contributed by atoms with van der Waals surface area (Å²) in [7, 11) is 0. The zero-order chi connectivity index (χ0) is 8.43. The van der Waals surface area contributed by atoms with Gasteiger partial charge in [-0.15, -0.1) is 12.7 Å². The summed E-state index contributed by atoms with van der Waals surface area (Å²) in [4.78, 5) is 10.5. The van der Waals surface area contributed by atoms with Gasteiger partial charge in [0.1, 0.15) is 0 Å². The first-order valence-electron chi connectivity index (χ1n) is 3.65. The first-order valence-corrected chi connectivity index (χ1v) is 3.65. The number of ether oxygens (including phenoxy) is 2. The van der Waals surface area contributed by atoms with Crippen LogP contribution in [-0.4, -0.2) is 12.3 Å². The molecule has 1 aliphatic rings. The van der Waals surface area contributed by atoms with Crippen molar-refractivity contribution in [3.8, 4) is 0 Å². The summed E-state index contributed by atoms with van der Waals surface area (Å²) >= 11 is 0. The number of cyclic esters (lactones) is 2.